The van der Waals surface area contributed by atoms with Gasteiger partial charge >= 0.3 is 0 Å². The number of carbonyl (C=O) groups excluding carboxylic acids is 1. The molecule has 0 spiro atoms. The van der Waals surface area contributed by atoms with Crippen LogP contribution in [0.4, 0.5) is 0 Å². The predicted molar refractivity (Wildman–Crippen MR) is 64.7 cm³/mol. The molecule has 4 heteroatoms. The first-order chi connectivity index (χ1) is 7.74. The highest BCUT2D eigenvalue weighted by atomic mass is 35.5. The van der Waals surface area contributed by atoms with Crippen LogP contribution in [0.1, 0.15) is 17.4 Å². The van der Waals surface area contributed by atoms with E-state index in [2.05, 4.69) is 5.10 Å². The van der Waals surface area contributed by atoms with Crippen molar-refractivity contribution >= 4 is 27.7 Å². The Morgan fingerprint density at radius 1 is 1.50 bits per heavy atom. The Hall–Kier alpha value is -1.61. The van der Waals surface area contributed by atoms with Crippen molar-refractivity contribution < 1.29 is 4.79 Å². The quantitative estimate of drug-likeness (QED) is 0.605. The topological polar surface area (TPSA) is 34.9 Å². The maximum atomic E-state index is 11.2. The summed E-state index contributed by atoms with van der Waals surface area (Å²) in [6.45, 7) is 2.58. The Kier molecular flexibility index (Phi) is 3.06. The first-order valence-electron chi connectivity index (χ1n) is 5.00. The van der Waals surface area contributed by atoms with Crippen molar-refractivity contribution in [2.75, 3.05) is 0 Å². The number of carbonyl (C=O) groups is 1. The van der Waals surface area contributed by atoms with Gasteiger partial charge in [-0.3, -0.25) is 9.48 Å². The van der Waals surface area contributed by atoms with Crippen molar-refractivity contribution in [2.45, 2.75) is 13.5 Å². The average molecular weight is 235 g/mol. The molecule has 1 aromatic carbocycles. The molecule has 0 aliphatic rings. The molecular formula is C12H11ClN2O. The summed E-state index contributed by atoms with van der Waals surface area (Å²) >= 11 is 5.50. The number of allylic oxidation sites excluding steroid dienone is 2. The summed E-state index contributed by atoms with van der Waals surface area (Å²) in [6.07, 6.45) is 3.92. The molecule has 0 amide bonds. The molecule has 0 saturated heterocycles. The van der Waals surface area contributed by atoms with Gasteiger partial charge < -0.3 is 0 Å². The number of rotatable bonds is 3. The Morgan fingerprint density at radius 3 is 2.94 bits per heavy atom. The largest absolute Gasteiger partial charge is 0.274 e. The second-order valence-corrected chi connectivity index (χ2v) is 3.73. The summed E-state index contributed by atoms with van der Waals surface area (Å²) in [4.78, 5) is 11.2. The van der Waals surface area contributed by atoms with E-state index in [1.807, 2.05) is 43.3 Å². The Labute approximate surface area is 98.3 Å². The van der Waals surface area contributed by atoms with Gasteiger partial charge in [-0.2, -0.15) is 5.10 Å². The van der Waals surface area contributed by atoms with Crippen LogP contribution in [-0.2, 0) is 6.54 Å². The number of halogens is 1. The van der Waals surface area contributed by atoms with Crippen LogP contribution in [0.25, 0.3) is 10.9 Å². The number of aromatic nitrogens is 2. The van der Waals surface area contributed by atoms with E-state index in [9.17, 15) is 4.79 Å². The van der Waals surface area contributed by atoms with E-state index in [1.165, 1.54) is 0 Å². The molecule has 1 aromatic heterocycles. The van der Waals surface area contributed by atoms with E-state index in [-0.39, 0.29) is 0 Å². The van der Waals surface area contributed by atoms with Gasteiger partial charge in [0.2, 0.25) is 0 Å². The first-order valence-corrected chi connectivity index (χ1v) is 5.38. The molecule has 2 aromatic rings. The van der Waals surface area contributed by atoms with E-state index in [4.69, 9.17) is 11.6 Å². The van der Waals surface area contributed by atoms with Gasteiger partial charge in [-0.25, -0.2) is 0 Å². The third kappa shape index (κ3) is 1.86. The van der Waals surface area contributed by atoms with Crippen molar-refractivity contribution in [3.05, 3.63) is 42.1 Å². The van der Waals surface area contributed by atoms with Crippen LogP contribution in [0.5, 0.6) is 0 Å². The van der Waals surface area contributed by atoms with Crippen molar-refractivity contribution in [1.29, 1.82) is 0 Å². The smallest absolute Gasteiger partial charge is 0.273 e. The Bertz CT molecular complexity index is 557. The van der Waals surface area contributed by atoms with Gasteiger partial charge in [0.25, 0.3) is 5.24 Å². The highest BCUT2D eigenvalue weighted by Gasteiger charge is 2.13. The monoisotopic (exact) mass is 234 g/mol. The van der Waals surface area contributed by atoms with Gasteiger partial charge in [-0.15, -0.1) is 0 Å². The molecule has 0 aliphatic heterocycles. The van der Waals surface area contributed by atoms with Crippen molar-refractivity contribution in [3.8, 4) is 0 Å². The van der Waals surface area contributed by atoms with Gasteiger partial charge in [0, 0.05) is 5.39 Å². The third-order valence-electron chi connectivity index (χ3n) is 2.36. The van der Waals surface area contributed by atoms with Crippen molar-refractivity contribution in [2.24, 2.45) is 0 Å². The molecule has 0 fully saturated rings. The summed E-state index contributed by atoms with van der Waals surface area (Å²) in [5.41, 5.74) is 1.24. The van der Waals surface area contributed by atoms with Crippen LogP contribution < -0.4 is 0 Å². The van der Waals surface area contributed by atoms with Crippen LogP contribution in [-0.4, -0.2) is 15.0 Å². The van der Waals surface area contributed by atoms with E-state index in [0.29, 0.717) is 12.2 Å². The summed E-state index contributed by atoms with van der Waals surface area (Å²) in [7, 11) is 0. The summed E-state index contributed by atoms with van der Waals surface area (Å²) in [5.74, 6) is 0. The van der Waals surface area contributed by atoms with Gasteiger partial charge in [0.05, 0.1) is 12.1 Å². The minimum absolute atomic E-state index is 0.321. The fraction of sp³-hybridized carbons (Fsp3) is 0.167. The van der Waals surface area contributed by atoms with Crippen LogP contribution in [0.3, 0.4) is 0 Å². The lowest BCUT2D eigenvalue weighted by atomic mass is 10.2. The molecule has 0 unspecified atom stereocenters. The second kappa shape index (κ2) is 4.49. The molecule has 0 atom stereocenters. The molecule has 16 heavy (non-hydrogen) atoms. The highest BCUT2D eigenvalue weighted by Crippen LogP contribution is 2.19. The van der Waals surface area contributed by atoms with Crippen LogP contribution in [0.15, 0.2) is 36.4 Å². The lowest BCUT2D eigenvalue weighted by Gasteiger charge is -1.97. The Morgan fingerprint density at radius 2 is 2.25 bits per heavy atom. The fourth-order valence-corrected chi connectivity index (χ4v) is 1.76. The molecule has 0 bridgehead atoms. The highest BCUT2D eigenvalue weighted by molar-refractivity contribution is 6.68. The summed E-state index contributed by atoms with van der Waals surface area (Å²) in [5, 5.41) is 4.49. The van der Waals surface area contributed by atoms with Crippen LogP contribution in [0, 0.1) is 0 Å². The van der Waals surface area contributed by atoms with Gasteiger partial charge in [0.15, 0.2) is 5.69 Å². The van der Waals surface area contributed by atoms with E-state index < -0.39 is 5.24 Å². The molecule has 0 N–H and O–H groups in total. The molecule has 0 radical (unpaired) electrons. The molecule has 82 valence electrons. The molecule has 0 aliphatic carbocycles. The van der Waals surface area contributed by atoms with E-state index in [0.717, 1.165) is 10.9 Å². The van der Waals surface area contributed by atoms with E-state index >= 15 is 0 Å². The zero-order chi connectivity index (χ0) is 11.5. The maximum absolute atomic E-state index is 11.2. The second-order valence-electron chi connectivity index (χ2n) is 3.39. The number of fused-ring (bicyclic) bond motifs is 1. The molecular weight excluding hydrogens is 224 g/mol. The van der Waals surface area contributed by atoms with Gasteiger partial charge in [0.1, 0.15) is 0 Å². The van der Waals surface area contributed by atoms with Crippen molar-refractivity contribution in [3.63, 3.8) is 0 Å². The number of hydrogen-bond donors (Lipinski definition) is 0. The average Bonchev–Trinajstić information content (AvgIpc) is 2.65. The fourth-order valence-electron chi connectivity index (χ4n) is 1.62. The summed E-state index contributed by atoms with van der Waals surface area (Å²) in [6, 6.07) is 7.56. The number of nitrogens with zero attached hydrogens (tertiary/aromatic N) is 2. The lowest BCUT2D eigenvalue weighted by Crippen LogP contribution is -1.99. The van der Waals surface area contributed by atoms with Crippen LogP contribution in [0.2, 0.25) is 0 Å². The first kappa shape index (κ1) is 10.9. The third-order valence-corrected chi connectivity index (χ3v) is 2.54. The Balaban J connectivity index is 2.61. The summed E-state index contributed by atoms with van der Waals surface area (Å²) < 4.78 is 1.77. The maximum Gasteiger partial charge on any atom is 0.273 e. The number of hydrogen-bond acceptors (Lipinski definition) is 2. The van der Waals surface area contributed by atoms with Crippen molar-refractivity contribution in [1.82, 2.24) is 9.78 Å². The number of benzene rings is 1. The normalized spacial score (nSPS) is 11.4. The molecule has 2 rings (SSSR count). The molecule has 1 heterocycles. The predicted octanol–water partition coefficient (Wildman–Crippen LogP) is 2.99. The lowest BCUT2D eigenvalue weighted by molar-refractivity contribution is 0.107. The molecule has 3 nitrogen and oxygen atoms in total. The zero-order valence-corrected chi connectivity index (χ0v) is 9.61. The SMILES string of the molecule is CC=CCn1nc(C(=O)Cl)c2ccccc21. The number of para-hydroxylation sites is 1. The zero-order valence-electron chi connectivity index (χ0n) is 8.85. The standard InChI is InChI=1S/C12H11ClN2O/c1-2-3-8-15-10-7-5-4-6-9(10)11(14-15)12(13)16/h2-7H,8H2,1H3. The van der Waals surface area contributed by atoms with Crippen LogP contribution >= 0.6 is 11.6 Å². The van der Waals surface area contributed by atoms with Gasteiger partial charge in [-0.05, 0) is 24.6 Å². The van der Waals surface area contributed by atoms with Gasteiger partial charge in [-0.1, -0.05) is 30.4 Å². The minimum atomic E-state index is -0.518. The molecule has 0 saturated carbocycles. The van der Waals surface area contributed by atoms with E-state index in [1.54, 1.807) is 4.68 Å². The minimum Gasteiger partial charge on any atom is -0.274 e.